The first kappa shape index (κ1) is 13.7. The number of hydrogen-bond acceptors (Lipinski definition) is 2. The van der Waals surface area contributed by atoms with Gasteiger partial charge in [-0.2, -0.15) is 5.26 Å². The molecule has 1 atom stereocenters. The maximum absolute atomic E-state index is 9.00. The molecule has 0 aliphatic heterocycles. The summed E-state index contributed by atoms with van der Waals surface area (Å²) >= 11 is 0. The summed E-state index contributed by atoms with van der Waals surface area (Å²) in [5.41, 5.74) is 1.15. The number of nitriles is 1. The summed E-state index contributed by atoms with van der Waals surface area (Å²) in [6.07, 6.45) is 4.36. The zero-order valence-corrected chi connectivity index (χ0v) is 11.7. The lowest BCUT2D eigenvalue weighted by atomic mass is 10.2. The molecule has 0 N–H and O–H groups in total. The molecule has 1 rings (SSSR count). The Kier molecular flexibility index (Phi) is 5.14. The van der Waals surface area contributed by atoms with Crippen LogP contribution in [-0.2, 0) is 4.43 Å². The molecule has 0 fully saturated rings. The SMILES string of the molecule is C[Si](C)(C)OC(C#N)C/C=C/c1ccccc1. The lowest BCUT2D eigenvalue weighted by molar-refractivity contribution is 0.253. The maximum Gasteiger partial charge on any atom is 0.185 e. The molecule has 0 saturated carbocycles. The van der Waals surface area contributed by atoms with Crippen LogP contribution >= 0.6 is 0 Å². The Morgan fingerprint density at radius 1 is 1.29 bits per heavy atom. The summed E-state index contributed by atoms with van der Waals surface area (Å²) in [5.74, 6) is 0. The van der Waals surface area contributed by atoms with Crippen LogP contribution in [0.4, 0.5) is 0 Å². The fourth-order valence-electron chi connectivity index (χ4n) is 1.45. The van der Waals surface area contributed by atoms with Crippen molar-refractivity contribution in [1.29, 1.82) is 5.26 Å². The highest BCUT2D eigenvalue weighted by atomic mass is 28.4. The molecule has 2 nitrogen and oxygen atoms in total. The molecule has 0 aliphatic rings. The molecule has 3 heteroatoms. The Morgan fingerprint density at radius 2 is 1.94 bits per heavy atom. The molecule has 1 aromatic carbocycles. The van der Waals surface area contributed by atoms with E-state index in [0.29, 0.717) is 6.42 Å². The van der Waals surface area contributed by atoms with Gasteiger partial charge in [0.15, 0.2) is 8.32 Å². The van der Waals surface area contributed by atoms with Gasteiger partial charge in [-0.25, -0.2) is 0 Å². The van der Waals surface area contributed by atoms with Crippen LogP contribution in [0.1, 0.15) is 12.0 Å². The third-order valence-corrected chi connectivity index (χ3v) is 3.09. The molecule has 0 spiro atoms. The van der Waals surface area contributed by atoms with E-state index in [0.717, 1.165) is 5.56 Å². The zero-order valence-electron chi connectivity index (χ0n) is 10.7. The van der Waals surface area contributed by atoms with Crippen LogP contribution in [0.25, 0.3) is 6.08 Å². The van der Waals surface area contributed by atoms with Gasteiger partial charge in [0.1, 0.15) is 6.10 Å². The zero-order chi connectivity index (χ0) is 12.7. The fraction of sp³-hybridized carbons (Fsp3) is 0.357. The normalized spacial score (nSPS) is 13.5. The van der Waals surface area contributed by atoms with Gasteiger partial charge < -0.3 is 4.43 Å². The van der Waals surface area contributed by atoms with Crippen LogP contribution in [0.5, 0.6) is 0 Å². The first-order valence-electron chi connectivity index (χ1n) is 5.80. The molecular weight excluding hydrogens is 226 g/mol. The first-order valence-corrected chi connectivity index (χ1v) is 9.21. The number of rotatable bonds is 5. The largest absolute Gasteiger partial charge is 0.402 e. The van der Waals surface area contributed by atoms with E-state index in [9.17, 15) is 0 Å². The summed E-state index contributed by atoms with van der Waals surface area (Å²) in [6.45, 7) is 6.29. The van der Waals surface area contributed by atoms with Gasteiger partial charge in [-0.3, -0.25) is 0 Å². The second-order valence-electron chi connectivity index (χ2n) is 4.90. The molecule has 1 unspecified atom stereocenters. The van der Waals surface area contributed by atoms with Crippen molar-refractivity contribution >= 4 is 14.4 Å². The first-order chi connectivity index (χ1) is 8.01. The van der Waals surface area contributed by atoms with Gasteiger partial charge in [0, 0.05) is 6.42 Å². The molecule has 1 aromatic rings. The van der Waals surface area contributed by atoms with E-state index >= 15 is 0 Å². The van der Waals surface area contributed by atoms with Gasteiger partial charge in [0.05, 0.1) is 6.07 Å². The highest BCUT2D eigenvalue weighted by Gasteiger charge is 2.19. The minimum atomic E-state index is -1.63. The van der Waals surface area contributed by atoms with E-state index in [4.69, 9.17) is 9.69 Å². The summed E-state index contributed by atoms with van der Waals surface area (Å²) in [4.78, 5) is 0. The number of nitrogens with zero attached hydrogens (tertiary/aromatic N) is 1. The van der Waals surface area contributed by atoms with Crippen molar-refractivity contribution in [2.45, 2.75) is 32.2 Å². The standard InChI is InChI=1S/C14H19NOSi/c1-17(2,3)16-14(12-15)11-7-10-13-8-5-4-6-9-13/h4-10,14H,11H2,1-3H3/b10-7+. The van der Waals surface area contributed by atoms with Gasteiger partial charge in [-0.1, -0.05) is 42.5 Å². The highest BCUT2D eigenvalue weighted by Crippen LogP contribution is 2.11. The van der Waals surface area contributed by atoms with Crippen molar-refractivity contribution in [2.24, 2.45) is 0 Å². The maximum atomic E-state index is 9.00. The highest BCUT2D eigenvalue weighted by molar-refractivity contribution is 6.69. The summed E-state index contributed by atoms with van der Waals surface area (Å²) in [5, 5.41) is 9.00. The second kappa shape index (κ2) is 6.38. The summed E-state index contributed by atoms with van der Waals surface area (Å²) in [6, 6.07) is 12.3. The predicted molar refractivity (Wildman–Crippen MR) is 73.9 cm³/mol. The van der Waals surface area contributed by atoms with Crippen molar-refractivity contribution in [3.63, 3.8) is 0 Å². The Bertz CT molecular complexity index is 400. The monoisotopic (exact) mass is 245 g/mol. The van der Waals surface area contributed by atoms with Gasteiger partial charge in [-0.15, -0.1) is 0 Å². The van der Waals surface area contributed by atoms with Crippen LogP contribution in [-0.4, -0.2) is 14.4 Å². The smallest absolute Gasteiger partial charge is 0.185 e. The molecule has 90 valence electrons. The molecule has 0 aromatic heterocycles. The van der Waals surface area contributed by atoms with Crippen molar-refractivity contribution in [3.05, 3.63) is 42.0 Å². The van der Waals surface area contributed by atoms with Crippen LogP contribution in [0.2, 0.25) is 19.6 Å². The number of hydrogen-bond donors (Lipinski definition) is 0. The van der Waals surface area contributed by atoms with Gasteiger partial charge in [0.25, 0.3) is 0 Å². The van der Waals surface area contributed by atoms with E-state index in [-0.39, 0.29) is 6.10 Å². The third kappa shape index (κ3) is 6.05. The third-order valence-electron chi connectivity index (χ3n) is 2.10. The summed E-state index contributed by atoms with van der Waals surface area (Å²) < 4.78 is 5.75. The van der Waals surface area contributed by atoms with E-state index in [2.05, 4.69) is 25.7 Å². The van der Waals surface area contributed by atoms with E-state index in [1.54, 1.807) is 0 Å². The molecule has 0 radical (unpaired) electrons. The fourth-order valence-corrected chi connectivity index (χ4v) is 2.45. The quantitative estimate of drug-likeness (QED) is 0.738. The van der Waals surface area contributed by atoms with Gasteiger partial charge >= 0.3 is 0 Å². The summed E-state index contributed by atoms with van der Waals surface area (Å²) in [7, 11) is -1.63. The van der Waals surface area contributed by atoms with Crippen molar-refractivity contribution < 1.29 is 4.43 Å². The minimum Gasteiger partial charge on any atom is -0.402 e. The Morgan fingerprint density at radius 3 is 2.47 bits per heavy atom. The predicted octanol–water partition coefficient (Wildman–Crippen LogP) is 3.83. The molecular formula is C14H19NOSi. The van der Waals surface area contributed by atoms with Crippen molar-refractivity contribution in [1.82, 2.24) is 0 Å². The van der Waals surface area contributed by atoms with Gasteiger partial charge in [-0.05, 0) is 25.2 Å². The molecule has 0 saturated heterocycles. The topological polar surface area (TPSA) is 33.0 Å². The Hall–Kier alpha value is -1.37. The van der Waals surface area contributed by atoms with E-state index < -0.39 is 8.32 Å². The van der Waals surface area contributed by atoms with E-state index in [1.807, 2.05) is 42.5 Å². The van der Waals surface area contributed by atoms with Crippen LogP contribution in [0.3, 0.4) is 0 Å². The van der Waals surface area contributed by atoms with Crippen LogP contribution < -0.4 is 0 Å². The van der Waals surface area contributed by atoms with Crippen LogP contribution in [0, 0.1) is 11.3 Å². The van der Waals surface area contributed by atoms with Crippen molar-refractivity contribution in [2.75, 3.05) is 0 Å². The average molecular weight is 245 g/mol. The van der Waals surface area contributed by atoms with Gasteiger partial charge in [0.2, 0.25) is 0 Å². The lowest BCUT2D eigenvalue weighted by Crippen LogP contribution is -2.30. The molecule has 0 amide bonds. The average Bonchev–Trinajstić information content (AvgIpc) is 2.27. The van der Waals surface area contributed by atoms with Crippen LogP contribution in [0.15, 0.2) is 36.4 Å². The minimum absolute atomic E-state index is 0.318. The molecule has 0 heterocycles. The van der Waals surface area contributed by atoms with E-state index in [1.165, 1.54) is 0 Å². The lowest BCUT2D eigenvalue weighted by Gasteiger charge is -2.20. The Labute approximate surface area is 105 Å². The molecule has 17 heavy (non-hydrogen) atoms. The second-order valence-corrected chi connectivity index (χ2v) is 9.36. The Balaban J connectivity index is 2.49. The molecule has 0 aliphatic carbocycles. The number of benzene rings is 1. The van der Waals surface area contributed by atoms with Crippen molar-refractivity contribution in [3.8, 4) is 6.07 Å². The molecule has 0 bridgehead atoms.